The van der Waals surface area contributed by atoms with Crippen LogP contribution in [0.15, 0.2) is 18.2 Å². The van der Waals surface area contributed by atoms with Gasteiger partial charge >= 0.3 is 5.97 Å². The quantitative estimate of drug-likeness (QED) is 0.795. The summed E-state index contributed by atoms with van der Waals surface area (Å²) < 4.78 is 10.6. The molecule has 120 valence electrons. The molecule has 1 saturated heterocycles. The van der Waals surface area contributed by atoms with Crippen molar-refractivity contribution in [3.8, 4) is 11.5 Å². The van der Waals surface area contributed by atoms with Crippen LogP contribution in [0, 0.1) is 0 Å². The van der Waals surface area contributed by atoms with Crippen molar-refractivity contribution >= 4 is 23.6 Å². The van der Waals surface area contributed by atoms with Crippen molar-refractivity contribution in [3.05, 3.63) is 23.8 Å². The van der Waals surface area contributed by atoms with Crippen molar-refractivity contribution in [1.29, 1.82) is 0 Å². The zero-order valence-electron chi connectivity index (χ0n) is 12.3. The lowest BCUT2D eigenvalue weighted by Gasteiger charge is -2.14. The smallest absolute Gasteiger partial charge is 0.341 e. The van der Waals surface area contributed by atoms with Crippen molar-refractivity contribution in [1.82, 2.24) is 5.32 Å². The lowest BCUT2D eigenvalue weighted by Crippen LogP contribution is -2.34. The van der Waals surface area contributed by atoms with Gasteiger partial charge in [0.05, 0.1) is 6.61 Å². The van der Waals surface area contributed by atoms with Crippen LogP contribution < -0.4 is 14.8 Å². The molecule has 1 fully saturated rings. The number of thioether (sulfide) groups is 1. The number of carboxylic acids is 1. The number of hydrogen-bond donors (Lipinski definition) is 2. The van der Waals surface area contributed by atoms with E-state index in [1.54, 1.807) is 18.2 Å². The van der Waals surface area contributed by atoms with E-state index >= 15 is 0 Å². The summed E-state index contributed by atoms with van der Waals surface area (Å²) in [4.78, 5) is 22.8. The zero-order chi connectivity index (χ0) is 15.9. The highest BCUT2D eigenvalue weighted by Gasteiger charge is 2.19. The van der Waals surface area contributed by atoms with Crippen LogP contribution in [0.1, 0.15) is 23.7 Å². The monoisotopic (exact) mass is 325 g/mol. The molecule has 1 heterocycles. The molecule has 1 aromatic rings. The van der Waals surface area contributed by atoms with Gasteiger partial charge in [-0.2, -0.15) is 11.8 Å². The van der Waals surface area contributed by atoms with E-state index in [9.17, 15) is 9.59 Å². The van der Waals surface area contributed by atoms with Crippen molar-refractivity contribution in [2.45, 2.75) is 19.4 Å². The molecule has 0 spiro atoms. The second kappa shape index (κ2) is 7.93. The molecule has 1 aliphatic rings. The van der Waals surface area contributed by atoms with E-state index in [2.05, 4.69) is 5.32 Å². The Morgan fingerprint density at radius 1 is 1.36 bits per heavy atom. The van der Waals surface area contributed by atoms with Gasteiger partial charge in [0, 0.05) is 17.4 Å². The predicted molar refractivity (Wildman–Crippen MR) is 83.9 cm³/mol. The molecule has 0 bridgehead atoms. The van der Waals surface area contributed by atoms with Gasteiger partial charge in [-0.05, 0) is 37.3 Å². The number of rotatable bonds is 7. The molecule has 1 unspecified atom stereocenters. The molecule has 1 aliphatic heterocycles. The van der Waals surface area contributed by atoms with E-state index in [0.29, 0.717) is 23.7 Å². The van der Waals surface area contributed by atoms with Crippen LogP contribution in [-0.4, -0.2) is 47.7 Å². The van der Waals surface area contributed by atoms with Gasteiger partial charge in [0.15, 0.2) is 18.1 Å². The zero-order valence-corrected chi connectivity index (χ0v) is 13.1. The Morgan fingerprint density at radius 2 is 2.18 bits per heavy atom. The van der Waals surface area contributed by atoms with Crippen molar-refractivity contribution in [2.75, 3.05) is 24.7 Å². The molecule has 2 N–H and O–H groups in total. The maximum Gasteiger partial charge on any atom is 0.341 e. The third-order valence-corrected chi connectivity index (χ3v) is 4.28. The maximum atomic E-state index is 12.2. The number of benzene rings is 1. The summed E-state index contributed by atoms with van der Waals surface area (Å²) in [6.45, 7) is 1.75. The minimum Gasteiger partial charge on any atom is -0.490 e. The Kier molecular flexibility index (Phi) is 5.94. The topological polar surface area (TPSA) is 84.9 Å². The summed E-state index contributed by atoms with van der Waals surface area (Å²) in [5, 5.41) is 11.6. The molecule has 6 nitrogen and oxygen atoms in total. The molecule has 0 saturated carbocycles. The number of carbonyl (C=O) groups is 2. The first-order valence-corrected chi connectivity index (χ1v) is 8.25. The standard InChI is InChI=1S/C15H19NO5S/c1-2-20-13-7-10(3-4-12(13)21-8-14(17)18)15(19)16-11-5-6-22-9-11/h3-4,7,11H,2,5-6,8-9H2,1H3,(H,16,19)(H,17,18). The normalized spacial score (nSPS) is 17.0. The van der Waals surface area contributed by atoms with Gasteiger partial charge in [-0.1, -0.05) is 0 Å². The highest BCUT2D eigenvalue weighted by molar-refractivity contribution is 7.99. The minimum atomic E-state index is -1.07. The molecular weight excluding hydrogens is 306 g/mol. The SMILES string of the molecule is CCOc1cc(C(=O)NC2CCSC2)ccc1OCC(=O)O. The predicted octanol–water partition coefficient (Wildman–Crippen LogP) is 1.78. The Morgan fingerprint density at radius 3 is 2.82 bits per heavy atom. The van der Waals surface area contributed by atoms with Crippen LogP contribution >= 0.6 is 11.8 Å². The largest absolute Gasteiger partial charge is 0.490 e. The van der Waals surface area contributed by atoms with E-state index in [1.807, 2.05) is 18.7 Å². The van der Waals surface area contributed by atoms with Crippen LogP contribution in [0.3, 0.4) is 0 Å². The average molecular weight is 325 g/mol. The third kappa shape index (κ3) is 4.56. The highest BCUT2D eigenvalue weighted by Crippen LogP contribution is 2.28. The second-order valence-corrected chi connectivity index (χ2v) is 5.96. The lowest BCUT2D eigenvalue weighted by molar-refractivity contribution is -0.139. The van der Waals surface area contributed by atoms with Crippen LogP contribution in [0.25, 0.3) is 0 Å². The van der Waals surface area contributed by atoms with E-state index in [1.165, 1.54) is 0 Å². The second-order valence-electron chi connectivity index (χ2n) is 4.81. The number of ether oxygens (including phenoxy) is 2. The number of hydrogen-bond acceptors (Lipinski definition) is 5. The molecule has 1 atom stereocenters. The van der Waals surface area contributed by atoms with Crippen LogP contribution in [0.2, 0.25) is 0 Å². The molecular formula is C15H19NO5S. The van der Waals surface area contributed by atoms with Crippen LogP contribution in [0.4, 0.5) is 0 Å². The fraction of sp³-hybridized carbons (Fsp3) is 0.467. The Hall–Kier alpha value is -1.89. The first-order valence-electron chi connectivity index (χ1n) is 7.10. The van der Waals surface area contributed by atoms with E-state index in [-0.39, 0.29) is 11.9 Å². The summed E-state index contributed by atoms with van der Waals surface area (Å²) in [6.07, 6.45) is 0.981. The Labute approximate surface area is 133 Å². The fourth-order valence-corrected chi connectivity index (χ4v) is 3.25. The number of carboxylic acid groups (broad SMARTS) is 1. The Balaban J connectivity index is 2.09. The molecule has 1 amide bonds. The van der Waals surface area contributed by atoms with Crippen LogP contribution in [0.5, 0.6) is 11.5 Å². The molecule has 0 aromatic heterocycles. The molecule has 2 rings (SSSR count). The van der Waals surface area contributed by atoms with Gasteiger partial charge in [-0.15, -0.1) is 0 Å². The first-order chi connectivity index (χ1) is 10.6. The van der Waals surface area contributed by atoms with Crippen molar-refractivity contribution in [3.63, 3.8) is 0 Å². The van der Waals surface area contributed by atoms with Gasteiger partial charge in [0.25, 0.3) is 5.91 Å². The molecule has 1 aromatic carbocycles. The van der Waals surface area contributed by atoms with E-state index in [4.69, 9.17) is 14.6 Å². The van der Waals surface area contributed by atoms with Gasteiger partial charge in [0.2, 0.25) is 0 Å². The summed E-state index contributed by atoms with van der Waals surface area (Å²) in [5.74, 6) is 1.47. The fourth-order valence-electron chi connectivity index (χ4n) is 2.09. The number of carbonyl (C=O) groups excluding carboxylic acids is 1. The molecule has 0 radical (unpaired) electrons. The highest BCUT2D eigenvalue weighted by atomic mass is 32.2. The first kappa shape index (κ1) is 16.5. The molecule has 7 heteroatoms. The Bertz CT molecular complexity index is 543. The van der Waals surface area contributed by atoms with Gasteiger partial charge in [0.1, 0.15) is 0 Å². The van der Waals surface area contributed by atoms with Crippen LogP contribution in [-0.2, 0) is 4.79 Å². The lowest BCUT2D eigenvalue weighted by atomic mass is 10.1. The average Bonchev–Trinajstić information content (AvgIpc) is 2.99. The van der Waals surface area contributed by atoms with Crippen molar-refractivity contribution < 1.29 is 24.2 Å². The number of amides is 1. The van der Waals surface area contributed by atoms with E-state index < -0.39 is 12.6 Å². The summed E-state index contributed by atoms with van der Waals surface area (Å²) in [6, 6.07) is 4.96. The third-order valence-electron chi connectivity index (χ3n) is 3.12. The summed E-state index contributed by atoms with van der Waals surface area (Å²) in [7, 11) is 0. The summed E-state index contributed by atoms with van der Waals surface area (Å²) >= 11 is 1.83. The van der Waals surface area contributed by atoms with Gasteiger partial charge < -0.3 is 19.9 Å². The van der Waals surface area contributed by atoms with E-state index in [0.717, 1.165) is 17.9 Å². The molecule has 0 aliphatic carbocycles. The van der Waals surface area contributed by atoms with Crippen molar-refractivity contribution in [2.24, 2.45) is 0 Å². The van der Waals surface area contributed by atoms with Gasteiger partial charge in [-0.25, -0.2) is 4.79 Å². The minimum absolute atomic E-state index is 0.154. The summed E-state index contributed by atoms with van der Waals surface area (Å²) in [5.41, 5.74) is 0.475. The van der Waals surface area contributed by atoms with Gasteiger partial charge in [-0.3, -0.25) is 4.79 Å². The number of aliphatic carboxylic acids is 1. The number of nitrogens with one attached hydrogen (secondary N) is 1. The maximum absolute atomic E-state index is 12.2. The molecule has 22 heavy (non-hydrogen) atoms.